The summed E-state index contributed by atoms with van der Waals surface area (Å²) in [5.74, 6) is 0.316. The van der Waals surface area contributed by atoms with Crippen molar-refractivity contribution in [1.29, 1.82) is 0 Å². The number of phenolic OH excluding ortho intramolecular Hbond substituents is 2. The number of aliphatic hydroxyl groups is 1. The maximum Gasteiger partial charge on any atom is 0.115 e. The van der Waals surface area contributed by atoms with Crippen LogP contribution in [0.15, 0.2) is 61.2 Å². The number of benzene rings is 2. The Bertz CT molecular complexity index is 525. The van der Waals surface area contributed by atoms with Crippen LogP contribution in [-0.2, 0) is 5.60 Å². The third-order valence-corrected chi connectivity index (χ3v) is 3.40. The molecule has 0 aromatic heterocycles. The third-order valence-electron chi connectivity index (χ3n) is 3.40. The highest BCUT2D eigenvalue weighted by atomic mass is 16.3. The SMILES string of the molecule is C=CCCC(O)(c1ccc(O)cc1)c1ccc(O)cc1. The summed E-state index contributed by atoms with van der Waals surface area (Å²) in [4.78, 5) is 0. The third kappa shape index (κ3) is 2.83. The molecule has 2 rings (SSSR count). The van der Waals surface area contributed by atoms with Crippen molar-refractivity contribution in [3.63, 3.8) is 0 Å². The van der Waals surface area contributed by atoms with Crippen molar-refractivity contribution in [2.75, 3.05) is 0 Å². The molecular formula is C17H18O3. The van der Waals surface area contributed by atoms with Crippen LogP contribution in [0.4, 0.5) is 0 Å². The van der Waals surface area contributed by atoms with Gasteiger partial charge in [0, 0.05) is 0 Å². The summed E-state index contributed by atoms with van der Waals surface area (Å²) in [7, 11) is 0. The fourth-order valence-corrected chi connectivity index (χ4v) is 2.24. The number of hydrogen-bond donors (Lipinski definition) is 3. The Hall–Kier alpha value is -2.26. The van der Waals surface area contributed by atoms with Crippen molar-refractivity contribution in [2.45, 2.75) is 18.4 Å². The predicted molar refractivity (Wildman–Crippen MR) is 78.6 cm³/mol. The van der Waals surface area contributed by atoms with E-state index in [2.05, 4.69) is 6.58 Å². The predicted octanol–water partition coefficient (Wildman–Crippen LogP) is 3.30. The number of phenols is 2. The molecule has 0 spiro atoms. The first-order valence-corrected chi connectivity index (χ1v) is 6.48. The maximum absolute atomic E-state index is 11.1. The summed E-state index contributed by atoms with van der Waals surface area (Å²) in [6.45, 7) is 3.69. The fraction of sp³-hybridized carbons (Fsp3) is 0.176. The van der Waals surface area contributed by atoms with Crippen molar-refractivity contribution in [3.8, 4) is 11.5 Å². The van der Waals surface area contributed by atoms with Gasteiger partial charge in [-0.2, -0.15) is 0 Å². The summed E-state index contributed by atoms with van der Waals surface area (Å²) < 4.78 is 0. The van der Waals surface area contributed by atoms with Crippen molar-refractivity contribution >= 4 is 0 Å². The molecule has 0 amide bonds. The molecule has 2 aromatic carbocycles. The Morgan fingerprint density at radius 1 is 0.850 bits per heavy atom. The first-order valence-electron chi connectivity index (χ1n) is 6.48. The minimum atomic E-state index is -1.17. The van der Waals surface area contributed by atoms with Crippen LogP contribution in [0.5, 0.6) is 11.5 Å². The average Bonchev–Trinajstić information content (AvgIpc) is 2.46. The molecule has 0 aliphatic rings. The second kappa shape index (κ2) is 5.80. The highest BCUT2D eigenvalue weighted by Crippen LogP contribution is 2.35. The van der Waals surface area contributed by atoms with Gasteiger partial charge in [0.1, 0.15) is 17.1 Å². The van der Waals surface area contributed by atoms with Crippen molar-refractivity contribution in [2.24, 2.45) is 0 Å². The Labute approximate surface area is 118 Å². The van der Waals surface area contributed by atoms with Crippen molar-refractivity contribution in [1.82, 2.24) is 0 Å². The molecule has 0 heterocycles. The zero-order valence-electron chi connectivity index (χ0n) is 11.2. The Kier molecular flexibility index (Phi) is 4.11. The van der Waals surface area contributed by atoms with Gasteiger partial charge >= 0.3 is 0 Å². The molecule has 20 heavy (non-hydrogen) atoms. The number of allylic oxidation sites excluding steroid dienone is 1. The van der Waals surface area contributed by atoms with Crippen LogP contribution >= 0.6 is 0 Å². The van der Waals surface area contributed by atoms with Crippen LogP contribution < -0.4 is 0 Å². The van der Waals surface area contributed by atoms with E-state index >= 15 is 0 Å². The van der Waals surface area contributed by atoms with Gasteiger partial charge in [-0.3, -0.25) is 0 Å². The quantitative estimate of drug-likeness (QED) is 0.730. The number of aromatic hydroxyl groups is 2. The zero-order valence-corrected chi connectivity index (χ0v) is 11.2. The standard InChI is InChI=1S/C17H18O3/c1-2-3-12-17(20,13-4-8-15(18)9-5-13)14-6-10-16(19)11-7-14/h2,4-11,18-20H,1,3,12H2. The summed E-state index contributed by atoms with van der Waals surface area (Å²) >= 11 is 0. The van der Waals surface area contributed by atoms with Gasteiger partial charge in [0.15, 0.2) is 0 Å². The minimum Gasteiger partial charge on any atom is -0.508 e. The van der Waals surface area contributed by atoms with Gasteiger partial charge in [-0.25, -0.2) is 0 Å². The largest absolute Gasteiger partial charge is 0.508 e. The van der Waals surface area contributed by atoms with E-state index in [9.17, 15) is 15.3 Å². The minimum absolute atomic E-state index is 0.158. The lowest BCUT2D eigenvalue weighted by atomic mass is 9.82. The van der Waals surface area contributed by atoms with Crippen LogP contribution in [0.25, 0.3) is 0 Å². The molecule has 3 N–H and O–H groups in total. The zero-order chi connectivity index (χ0) is 14.6. The average molecular weight is 270 g/mol. The van der Waals surface area contributed by atoms with Gasteiger partial charge in [0.2, 0.25) is 0 Å². The molecule has 3 heteroatoms. The molecule has 3 nitrogen and oxygen atoms in total. The molecule has 0 aliphatic heterocycles. The summed E-state index contributed by atoms with van der Waals surface area (Å²) in [6, 6.07) is 13.0. The number of rotatable bonds is 5. The van der Waals surface area contributed by atoms with E-state index < -0.39 is 5.60 Å². The second-order valence-electron chi connectivity index (χ2n) is 4.78. The van der Waals surface area contributed by atoms with Crippen LogP contribution in [0.2, 0.25) is 0 Å². The lowest BCUT2D eigenvalue weighted by Gasteiger charge is -2.29. The summed E-state index contributed by atoms with van der Waals surface area (Å²) in [6.07, 6.45) is 2.89. The molecule has 0 bridgehead atoms. The van der Waals surface area contributed by atoms with Gasteiger partial charge < -0.3 is 15.3 Å². The molecule has 2 aromatic rings. The van der Waals surface area contributed by atoms with Crippen molar-refractivity contribution in [3.05, 3.63) is 72.3 Å². The van der Waals surface area contributed by atoms with Gasteiger partial charge in [-0.15, -0.1) is 6.58 Å². The normalized spacial score (nSPS) is 11.2. The fourth-order valence-electron chi connectivity index (χ4n) is 2.24. The maximum atomic E-state index is 11.1. The molecule has 0 unspecified atom stereocenters. The molecule has 104 valence electrons. The molecule has 0 atom stereocenters. The van der Waals surface area contributed by atoms with E-state index in [0.29, 0.717) is 24.0 Å². The van der Waals surface area contributed by atoms with Crippen LogP contribution in [0, 0.1) is 0 Å². The van der Waals surface area contributed by atoms with Crippen LogP contribution in [0.1, 0.15) is 24.0 Å². The molecule has 0 saturated carbocycles. The van der Waals surface area contributed by atoms with E-state index in [1.807, 2.05) is 0 Å². The Morgan fingerprint density at radius 3 is 1.60 bits per heavy atom. The lowest BCUT2D eigenvalue weighted by Crippen LogP contribution is -2.27. The van der Waals surface area contributed by atoms with Crippen LogP contribution in [0.3, 0.4) is 0 Å². The van der Waals surface area contributed by atoms with E-state index in [1.54, 1.807) is 54.6 Å². The molecule has 0 saturated heterocycles. The monoisotopic (exact) mass is 270 g/mol. The van der Waals surface area contributed by atoms with Crippen LogP contribution in [-0.4, -0.2) is 15.3 Å². The highest BCUT2D eigenvalue weighted by molar-refractivity contribution is 5.40. The smallest absolute Gasteiger partial charge is 0.115 e. The van der Waals surface area contributed by atoms with Gasteiger partial charge in [-0.05, 0) is 48.2 Å². The Balaban J connectivity index is 2.46. The molecule has 0 radical (unpaired) electrons. The Morgan fingerprint density at radius 2 is 1.25 bits per heavy atom. The number of hydrogen-bond acceptors (Lipinski definition) is 3. The highest BCUT2D eigenvalue weighted by Gasteiger charge is 2.30. The van der Waals surface area contributed by atoms with E-state index in [-0.39, 0.29) is 11.5 Å². The molecular weight excluding hydrogens is 252 g/mol. The summed E-state index contributed by atoms with van der Waals surface area (Å²) in [5, 5.41) is 29.8. The first kappa shape index (κ1) is 14.2. The van der Waals surface area contributed by atoms with Crippen molar-refractivity contribution < 1.29 is 15.3 Å². The van der Waals surface area contributed by atoms with E-state index in [0.717, 1.165) is 0 Å². The molecule has 0 fully saturated rings. The lowest BCUT2D eigenvalue weighted by molar-refractivity contribution is 0.0720. The summed E-state index contributed by atoms with van der Waals surface area (Å²) in [5.41, 5.74) is 0.223. The first-order chi connectivity index (χ1) is 9.56. The van der Waals surface area contributed by atoms with E-state index in [1.165, 1.54) is 0 Å². The molecule has 0 aliphatic carbocycles. The topological polar surface area (TPSA) is 60.7 Å². The van der Waals surface area contributed by atoms with Gasteiger partial charge in [-0.1, -0.05) is 30.3 Å². The van der Waals surface area contributed by atoms with Gasteiger partial charge in [0.05, 0.1) is 0 Å². The van der Waals surface area contributed by atoms with Gasteiger partial charge in [0.25, 0.3) is 0 Å². The van der Waals surface area contributed by atoms with E-state index in [4.69, 9.17) is 0 Å². The second-order valence-corrected chi connectivity index (χ2v) is 4.78.